The first kappa shape index (κ1) is 20.1. The average Bonchev–Trinajstić information content (AvgIpc) is 3.09. The second-order valence-corrected chi connectivity index (χ2v) is 8.30. The number of primary amides is 1. The summed E-state index contributed by atoms with van der Waals surface area (Å²) >= 11 is 9.56. The van der Waals surface area contributed by atoms with Crippen LogP contribution >= 0.6 is 27.5 Å². The molecule has 1 amide bonds. The van der Waals surface area contributed by atoms with Gasteiger partial charge in [-0.1, -0.05) is 27.5 Å². The third-order valence-corrected chi connectivity index (χ3v) is 5.79. The molecule has 9 heteroatoms. The molecule has 1 aromatic heterocycles. The molecule has 1 fully saturated rings. The van der Waals surface area contributed by atoms with Crippen LogP contribution in [-0.2, 0) is 11.3 Å². The van der Waals surface area contributed by atoms with Gasteiger partial charge in [-0.25, -0.2) is 9.37 Å². The Morgan fingerprint density at radius 2 is 2.24 bits per heavy atom. The van der Waals surface area contributed by atoms with E-state index in [9.17, 15) is 4.79 Å². The van der Waals surface area contributed by atoms with Gasteiger partial charge < -0.3 is 20.4 Å². The Morgan fingerprint density at radius 1 is 1.41 bits per heavy atom. The van der Waals surface area contributed by atoms with Crippen LogP contribution in [0.25, 0.3) is 11.0 Å². The lowest BCUT2D eigenvalue weighted by atomic mass is 10.1. The number of carbonyl (C=O) groups excluding carboxylic acids is 1. The van der Waals surface area contributed by atoms with Crippen LogP contribution in [0.15, 0.2) is 35.1 Å². The minimum absolute atomic E-state index is 0.0281. The van der Waals surface area contributed by atoms with Crippen molar-refractivity contribution in [1.82, 2.24) is 9.55 Å². The second kappa shape index (κ2) is 8.30. The van der Waals surface area contributed by atoms with E-state index in [-0.39, 0.29) is 22.9 Å². The number of benzene rings is 2. The maximum absolute atomic E-state index is 15.3. The molecule has 3 aromatic rings. The van der Waals surface area contributed by atoms with Crippen molar-refractivity contribution in [3.05, 3.63) is 51.5 Å². The molecule has 0 aliphatic carbocycles. The monoisotopic (exact) mass is 480 g/mol. The topological polar surface area (TPSA) is 82.2 Å². The Morgan fingerprint density at radius 3 is 2.93 bits per heavy atom. The van der Waals surface area contributed by atoms with E-state index in [1.54, 1.807) is 35.2 Å². The Bertz CT molecular complexity index is 1080. The lowest BCUT2D eigenvalue weighted by Gasteiger charge is -2.23. The molecule has 29 heavy (non-hydrogen) atoms. The fraction of sp³-hybridized carbons (Fsp3) is 0.300. The molecule has 0 saturated carbocycles. The van der Waals surface area contributed by atoms with Crippen molar-refractivity contribution in [1.29, 1.82) is 0 Å². The predicted octanol–water partition coefficient (Wildman–Crippen LogP) is 5.00. The summed E-state index contributed by atoms with van der Waals surface area (Å²) in [6.07, 6.45) is 4.69. The number of ether oxygens (including phenoxy) is 1. The molecule has 2 aromatic carbocycles. The molecule has 1 atom stereocenters. The van der Waals surface area contributed by atoms with Crippen LogP contribution in [0.1, 0.15) is 29.6 Å². The quantitative estimate of drug-likeness (QED) is 0.537. The van der Waals surface area contributed by atoms with E-state index in [1.807, 2.05) is 0 Å². The Hall–Kier alpha value is -2.16. The number of carbonyl (C=O) groups is 1. The lowest BCUT2D eigenvalue weighted by molar-refractivity contribution is 0.00661. The summed E-state index contributed by atoms with van der Waals surface area (Å²) in [6.45, 7) is 1.26. The third-order valence-electron chi connectivity index (χ3n) is 4.99. The molecule has 1 aliphatic heterocycles. The van der Waals surface area contributed by atoms with Crippen LogP contribution in [0.2, 0.25) is 5.02 Å². The Balaban J connectivity index is 1.75. The second-order valence-electron chi connectivity index (χ2n) is 6.98. The number of nitrogens with two attached hydrogens (primary N) is 1. The minimum atomic E-state index is -0.747. The predicted molar refractivity (Wildman–Crippen MR) is 114 cm³/mol. The van der Waals surface area contributed by atoms with Gasteiger partial charge in [-0.2, -0.15) is 0 Å². The highest BCUT2D eigenvalue weighted by Gasteiger charge is 2.23. The first-order valence-electron chi connectivity index (χ1n) is 9.25. The smallest absolute Gasteiger partial charge is 0.251 e. The first-order valence-corrected chi connectivity index (χ1v) is 10.4. The van der Waals surface area contributed by atoms with Gasteiger partial charge in [0.15, 0.2) is 5.82 Å². The number of halogens is 3. The molecular formula is C20H19BrClFN4O2. The normalized spacial score (nSPS) is 16.9. The summed E-state index contributed by atoms with van der Waals surface area (Å²) in [4.78, 5) is 16.3. The Labute approximate surface area is 180 Å². The molecule has 0 radical (unpaired) electrons. The molecule has 3 N–H and O–H groups in total. The van der Waals surface area contributed by atoms with Gasteiger partial charge in [-0.05, 0) is 43.5 Å². The van der Waals surface area contributed by atoms with Crippen molar-refractivity contribution in [2.24, 2.45) is 5.73 Å². The number of nitrogens with one attached hydrogen (secondary N) is 1. The van der Waals surface area contributed by atoms with Crippen molar-refractivity contribution in [2.75, 3.05) is 11.9 Å². The average molecular weight is 482 g/mol. The highest BCUT2D eigenvalue weighted by atomic mass is 79.9. The van der Waals surface area contributed by atoms with Crippen LogP contribution in [0.5, 0.6) is 0 Å². The van der Waals surface area contributed by atoms with E-state index in [1.165, 1.54) is 0 Å². The van der Waals surface area contributed by atoms with Gasteiger partial charge in [0, 0.05) is 11.1 Å². The van der Waals surface area contributed by atoms with E-state index in [4.69, 9.17) is 22.1 Å². The molecule has 1 aliphatic rings. The van der Waals surface area contributed by atoms with Crippen molar-refractivity contribution >= 4 is 55.8 Å². The van der Waals surface area contributed by atoms with Crippen molar-refractivity contribution in [3.63, 3.8) is 0 Å². The van der Waals surface area contributed by atoms with Crippen LogP contribution in [0.4, 0.5) is 15.8 Å². The molecule has 0 spiro atoms. The van der Waals surface area contributed by atoms with Crippen molar-refractivity contribution in [2.45, 2.75) is 31.9 Å². The van der Waals surface area contributed by atoms with Gasteiger partial charge in [-0.3, -0.25) is 4.79 Å². The highest BCUT2D eigenvalue weighted by molar-refractivity contribution is 9.10. The zero-order valence-corrected chi connectivity index (χ0v) is 17.8. The number of aromatic nitrogens is 2. The zero-order chi connectivity index (χ0) is 20.5. The summed E-state index contributed by atoms with van der Waals surface area (Å²) in [5, 5.41) is 3.27. The molecule has 152 valence electrons. The number of hydrogen-bond acceptors (Lipinski definition) is 4. The molecule has 0 bridgehead atoms. The van der Waals surface area contributed by atoms with Gasteiger partial charge in [0.2, 0.25) is 0 Å². The highest BCUT2D eigenvalue weighted by Crippen LogP contribution is 2.34. The number of anilines is 2. The first-order chi connectivity index (χ1) is 13.9. The minimum Gasteiger partial charge on any atom is -0.376 e. The molecule has 1 saturated heterocycles. The number of nitrogens with zero attached hydrogens (tertiary/aromatic N) is 2. The number of rotatable bonds is 5. The molecule has 6 nitrogen and oxygen atoms in total. The van der Waals surface area contributed by atoms with Gasteiger partial charge in [0.05, 0.1) is 46.5 Å². The number of imidazole rings is 1. The van der Waals surface area contributed by atoms with E-state index >= 15 is 4.39 Å². The summed E-state index contributed by atoms with van der Waals surface area (Å²) < 4.78 is 23.7. The van der Waals surface area contributed by atoms with Gasteiger partial charge in [0.1, 0.15) is 5.52 Å². The van der Waals surface area contributed by atoms with E-state index in [2.05, 4.69) is 26.2 Å². The van der Waals surface area contributed by atoms with E-state index in [0.29, 0.717) is 22.8 Å². The van der Waals surface area contributed by atoms with E-state index < -0.39 is 11.7 Å². The summed E-state index contributed by atoms with van der Waals surface area (Å²) in [6, 6.07) is 6.67. The van der Waals surface area contributed by atoms with Gasteiger partial charge in [0.25, 0.3) is 5.91 Å². The van der Waals surface area contributed by atoms with Crippen molar-refractivity contribution < 1.29 is 13.9 Å². The number of amides is 1. The Kier molecular flexibility index (Phi) is 5.76. The molecular weight excluding hydrogens is 463 g/mol. The number of fused-ring (bicyclic) bond motifs is 1. The SMILES string of the molecule is NC(=O)c1cc2c(ncn2CC2CCCCO2)c(F)c1Nc1ccc(Br)cc1Cl. The fourth-order valence-electron chi connectivity index (χ4n) is 3.52. The van der Waals surface area contributed by atoms with Crippen molar-refractivity contribution in [3.8, 4) is 0 Å². The van der Waals surface area contributed by atoms with Crippen LogP contribution in [-0.4, -0.2) is 28.2 Å². The van der Waals surface area contributed by atoms with Crippen LogP contribution in [0, 0.1) is 5.82 Å². The summed E-state index contributed by atoms with van der Waals surface area (Å²) in [7, 11) is 0. The summed E-state index contributed by atoms with van der Waals surface area (Å²) in [5.74, 6) is -1.40. The maximum Gasteiger partial charge on any atom is 0.251 e. The van der Waals surface area contributed by atoms with Crippen LogP contribution < -0.4 is 11.1 Å². The van der Waals surface area contributed by atoms with Crippen LogP contribution in [0.3, 0.4) is 0 Å². The van der Waals surface area contributed by atoms with Gasteiger partial charge in [-0.15, -0.1) is 0 Å². The fourth-order valence-corrected chi connectivity index (χ4v) is 4.24. The molecule has 1 unspecified atom stereocenters. The summed E-state index contributed by atoms with van der Waals surface area (Å²) in [5.41, 5.74) is 6.64. The number of hydrogen-bond donors (Lipinski definition) is 2. The standard InChI is InChI=1S/C20H19BrClFN4O2/c21-11-4-5-15(14(22)7-11)26-18-13(20(24)28)8-16-19(17(18)23)25-10-27(16)9-12-3-1-2-6-29-12/h4-5,7-8,10,12,26H,1-3,6,9H2,(H2,24,28). The third kappa shape index (κ3) is 4.10. The molecule has 4 rings (SSSR count). The van der Waals surface area contributed by atoms with Gasteiger partial charge >= 0.3 is 0 Å². The lowest BCUT2D eigenvalue weighted by Crippen LogP contribution is -2.24. The zero-order valence-electron chi connectivity index (χ0n) is 15.4. The van der Waals surface area contributed by atoms with E-state index in [0.717, 1.165) is 30.3 Å². The largest absolute Gasteiger partial charge is 0.376 e. The maximum atomic E-state index is 15.3. The molecule has 2 heterocycles.